The Morgan fingerprint density at radius 2 is 2.27 bits per heavy atom. The summed E-state index contributed by atoms with van der Waals surface area (Å²) in [5.41, 5.74) is 5.94. The Morgan fingerprint density at radius 1 is 1.47 bits per heavy atom. The molecule has 4 N–H and O–H groups in total. The molecule has 3 nitrogen and oxygen atoms in total. The lowest BCUT2D eigenvalue weighted by Crippen LogP contribution is -2.41. The first-order chi connectivity index (χ1) is 7.26. The summed E-state index contributed by atoms with van der Waals surface area (Å²) >= 11 is 0. The summed E-state index contributed by atoms with van der Waals surface area (Å²) in [4.78, 5) is 0. The minimum Gasteiger partial charge on any atom is -0.396 e. The second kappa shape index (κ2) is 7.20. The molecule has 0 bridgehead atoms. The average Bonchev–Trinajstić information content (AvgIpc) is 2.24. The van der Waals surface area contributed by atoms with E-state index in [0.717, 1.165) is 25.8 Å². The van der Waals surface area contributed by atoms with Crippen molar-refractivity contribution in [3.05, 3.63) is 0 Å². The van der Waals surface area contributed by atoms with Gasteiger partial charge in [0.2, 0.25) is 0 Å². The molecule has 1 fully saturated rings. The third-order valence-corrected chi connectivity index (χ3v) is 3.52. The molecule has 0 spiro atoms. The van der Waals surface area contributed by atoms with Gasteiger partial charge in [0.1, 0.15) is 0 Å². The van der Waals surface area contributed by atoms with Gasteiger partial charge < -0.3 is 16.2 Å². The highest BCUT2D eigenvalue weighted by molar-refractivity contribution is 4.80. The fraction of sp³-hybridized carbons (Fsp3) is 1.00. The van der Waals surface area contributed by atoms with Crippen molar-refractivity contribution < 1.29 is 5.11 Å². The Labute approximate surface area is 93.4 Å². The van der Waals surface area contributed by atoms with E-state index in [9.17, 15) is 0 Å². The average molecular weight is 214 g/mol. The first-order valence-electron chi connectivity index (χ1n) is 6.36. The molecule has 0 aromatic rings. The van der Waals surface area contributed by atoms with Gasteiger partial charge in [0.25, 0.3) is 0 Å². The molecule has 0 aromatic heterocycles. The molecule has 3 heteroatoms. The summed E-state index contributed by atoms with van der Waals surface area (Å²) in [5, 5.41) is 12.5. The van der Waals surface area contributed by atoms with E-state index in [1.165, 1.54) is 19.3 Å². The third kappa shape index (κ3) is 4.96. The number of hydrogen-bond donors (Lipinski definition) is 3. The Hall–Kier alpha value is -0.120. The quantitative estimate of drug-likeness (QED) is 0.624. The van der Waals surface area contributed by atoms with E-state index in [2.05, 4.69) is 12.2 Å². The van der Waals surface area contributed by atoms with Gasteiger partial charge >= 0.3 is 0 Å². The molecule has 0 amide bonds. The van der Waals surface area contributed by atoms with Crippen LogP contribution in [-0.2, 0) is 0 Å². The van der Waals surface area contributed by atoms with Crippen molar-refractivity contribution in [2.45, 2.75) is 57.5 Å². The lowest BCUT2D eigenvalue weighted by atomic mass is 9.91. The highest BCUT2D eigenvalue weighted by Gasteiger charge is 2.19. The molecule has 3 unspecified atom stereocenters. The van der Waals surface area contributed by atoms with Gasteiger partial charge in [-0.25, -0.2) is 0 Å². The van der Waals surface area contributed by atoms with Crippen molar-refractivity contribution in [2.24, 2.45) is 11.7 Å². The van der Waals surface area contributed by atoms with Gasteiger partial charge in [-0.3, -0.25) is 0 Å². The van der Waals surface area contributed by atoms with E-state index >= 15 is 0 Å². The fourth-order valence-electron chi connectivity index (χ4n) is 2.38. The minimum absolute atomic E-state index is 0.310. The van der Waals surface area contributed by atoms with Crippen molar-refractivity contribution in [1.29, 1.82) is 0 Å². The standard InChI is InChI=1S/C12H26N2O/c1-2-10(6-7-15)9-14-12-5-3-4-11(13)8-12/h10-12,14-15H,2-9,13H2,1H3. The Balaban J connectivity index is 2.16. The monoisotopic (exact) mass is 214 g/mol. The number of aliphatic hydroxyl groups excluding tert-OH is 1. The summed E-state index contributed by atoms with van der Waals surface area (Å²) in [7, 11) is 0. The smallest absolute Gasteiger partial charge is 0.0434 e. The molecule has 90 valence electrons. The highest BCUT2D eigenvalue weighted by atomic mass is 16.3. The van der Waals surface area contributed by atoms with Gasteiger partial charge in [0.15, 0.2) is 0 Å². The lowest BCUT2D eigenvalue weighted by Gasteiger charge is -2.29. The maximum Gasteiger partial charge on any atom is 0.0434 e. The van der Waals surface area contributed by atoms with Crippen LogP contribution in [0, 0.1) is 5.92 Å². The fourth-order valence-corrected chi connectivity index (χ4v) is 2.38. The molecule has 0 heterocycles. The number of aliphatic hydroxyl groups is 1. The van der Waals surface area contributed by atoms with Crippen molar-refractivity contribution in [2.75, 3.05) is 13.2 Å². The van der Waals surface area contributed by atoms with Crippen LogP contribution in [0.1, 0.15) is 45.4 Å². The molecule has 1 rings (SSSR count). The van der Waals surface area contributed by atoms with Crippen LogP contribution in [0.3, 0.4) is 0 Å². The van der Waals surface area contributed by atoms with Gasteiger partial charge in [0.05, 0.1) is 0 Å². The number of nitrogens with one attached hydrogen (secondary N) is 1. The van der Waals surface area contributed by atoms with Crippen molar-refractivity contribution in [1.82, 2.24) is 5.32 Å². The van der Waals surface area contributed by atoms with Crippen LogP contribution in [0.2, 0.25) is 0 Å². The zero-order valence-corrected chi connectivity index (χ0v) is 9.91. The number of nitrogens with two attached hydrogens (primary N) is 1. The summed E-state index contributed by atoms with van der Waals surface area (Å²) in [6, 6.07) is 1.01. The zero-order valence-electron chi connectivity index (χ0n) is 9.91. The van der Waals surface area contributed by atoms with Crippen molar-refractivity contribution in [3.8, 4) is 0 Å². The molecule has 0 aromatic carbocycles. The van der Waals surface area contributed by atoms with Gasteiger partial charge in [0, 0.05) is 18.7 Å². The topological polar surface area (TPSA) is 58.3 Å². The predicted octanol–water partition coefficient (Wildman–Crippen LogP) is 1.25. The van der Waals surface area contributed by atoms with Crippen LogP contribution in [0.5, 0.6) is 0 Å². The van der Waals surface area contributed by atoms with Gasteiger partial charge in [-0.15, -0.1) is 0 Å². The van der Waals surface area contributed by atoms with Crippen LogP contribution in [-0.4, -0.2) is 30.3 Å². The largest absolute Gasteiger partial charge is 0.396 e. The van der Waals surface area contributed by atoms with Crippen LogP contribution in [0.4, 0.5) is 0 Å². The molecule has 1 aliphatic carbocycles. The van der Waals surface area contributed by atoms with Gasteiger partial charge in [-0.2, -0.15) is 0 Å². The van der Waals surface area contributed by atoms with E-state index in [0.29, 0.717) is 24.6 Å². The zero-order chi connectivity index (χ0) is 11.1. The van der Waals surface area contributed by atoms with Crippen LogP contribution < -0.4 is 11.1 Å². The molecule has 3 atom stereocenters. The molecule has 1 aliphatic rings. The maximum atomic E-state index is 8.90. The van der Waals surface area contributed by atoms with Crippen LogP contribution in [0.15, 0.2) is 0 Å². The van der Waals surface area contributed by atoms with E-state index in [1.54, 1.807) is 0 Å². The van der Waals surface area contributed by atoms with Gasteiger partial charge in [-0.05, 0) is 38.1 Å². The van der Waals surface area contributed by atoms with Crippen LogP contribution in [0.25, 0.3) is 0 Å². The summed E-state index contributed by atoms with van der Waals surface area (Å²) in [6.07, 6.45) is 6.90. The second-order valence-electron chi connectivity index (χ2n) is 4.82. The third-order valence-electron chi connectivity index (χ3n) is 3.52. The number of rotatable bonds is 6. The minimum atomic E-state index is 0.310. The first-order valence-corrected chi connectivity index (χ1v) is 6.36. The van der Waals surface area contributed by atoms with E-state index in [4.69, 9.17) is 10.8 Å². The highest BCUT2D eigenvalue weighted by Crippen LogP contribution is 2.17. The predicted molar refractivity (Wildman–Crippen MR) is 63.7 cm³/mol. The van der Waals surface area contributed by atoms with Crippen molar-refractivity contribution in [3.63, 3.8) is 0 Å². The molecule has 0 radical (unpaired) electrons. The van der Waals surface area contributed by atoms with Crippen LogP contribution >= 0.6 is 0 Å². The van der Waals surface area contributed by atoms with E-state index in [-0.39, 0.29) is 0 Å². The maximum absolute atomic E-state index is 8.90. The normalized spacial score (nSPS) is 29.0. The molecular formula is C12H26N2O. The summed E-state index contributed by atoms with van der Waals surface area (Å²) in [5.74, 6) is 0.619. The Kier molecular flexibility index (Phi) is 6.22. The molecule has 1 saturated carbocycles. The van der Waals surface area contributed by atoms with Gasteiger partial charge in [-0.1, -0.05) is 19.8 Å². The molecular weight excluding hydrogens is 188 g/mol. The molecule has 15 heavy (non-hydrogen) atoms. The second-order valence-corrected chi connectivity index (χ2v) is 4.82. The van der Waals surface area contributed by atoms with E-state index in [1.807, 2.05) is 0 Å². The Morgan fingerprint density at radius 3 is 2.87 bits per heavy atom. The molecule has 0 saturated heterocycles. The SMILES string of the molecule is CCC(CCO)CNC1CCCC(N)C1. The summed E-state index contributed by atoms with van der Waals surface area (Å²) in [6.45, 7) is 3.54. The lowest BCUT2D eigenvalue weighted by molar-refractivity contribution is 0.242. The molecule has 0 aliphatic heterocycles. The number of hydrogen-bond acceptors (Lipinski definition) is 3. The van der Waals surface area contributed by atoms with E-state index < -0.39 is 0 Å². The first kappa shape index (κ1) is 12.9. The Bertz CT molecular complexity index is 164. The summed E-state index contributed by atoms with van der Waals surface area (Å²) < 4.78 is 0. The van der Waals surface area contributed by atoms with Crippen molar-refractivity contribution >= 4 is 0 Å².